The molecule has 0 aliphatic rings. The van der Waals surface area contributed by atoms with Gasteiger partial charge in [0.25, 0.3) is 0 Å². The highest BCUT2D eigenvalue weighted by Crippen LogP contribution is 2.24. The number of aryl methyl sites for hydroxylation is 1. The number of benzene rings is 2. The van der Waals surface area contributed by atoms with Crippen LogP contribution in [0.15, 0.2) is 36.4 Å². The van der Waals surface area contributed by atoms with Gasteiger partial charge in [-0.05, 0) is 34.9 Å². The molecular weight excluding hydrogens is 192 g/mol. The van der Waals surface area contributed by atoms with E-state index in [0.717, 1.165) is 17.9 Å². The Hall–Kier alpha value is -1.01. The van der Waals surface area contributed by atoms with E-state index in [-0.39, 0.29) is 0 Å². The van der Waals surface area contributed by atoms with E-state index in [4.69, 9.17) is 11.6 Å². The highest BCUT2D eigenvalue weighted by atomic mass is 35.5. The van der Waals surface area contributed by atoms with Gasteiger partial charge in [-0.25, -0.2) is 0 Å². The Balaban J connectivity index is 2.59. The molecule has 0 aromatic heterocycles. The third kappa shape index (κ3) is 1.76. The van der Waals surface area contributed by atoms with E-state index >= 15 is 0 Å². The molecule has 0 radical (unpaired) electrons. The summed E-state index contributed by atoms with van der Waals surface area (Å²) in [6, 6.07) is 12.6. The first-order chi connectivity index (χ1) is 6.81. The van der Waals surface area contributed by atoms with Crippen molar-refractivity contribution in [2.75, 3.05) is 0 Å². The van der Waals surface area contributed by atoms with E-state index < -0.39 is 0 Å². The molecule has 0 fully saturated rings. The molecule has 0 amide bonds. The lowest BCUT2D eigenvalue weighted by Crippen LogP contribution is -1.85. The van der Waals surface area contributed by atoms with Crippen molar-refractivity contribution >= 4 is 22.4 Å². The zero-order valence-corrected chi connectivity index (χ0v) is 9.01. The lowest BCUT2D eigenvalue weighted by molar-refractivity contribution is 0.924. The average Bonchev–Trinajstić information content (AvgIpc) is 2.19. The van der Waals surface area contributed by atoms with Crippen LogP contribution in [0, 0.1) is 0 Å². The number of fused-ring (bicyclic) bond motifs is 1. The summed E-state index contributed by atoms with van der Waals surface area (Å²) < 4.78 is 0. The average molecular weight is 205 g/mol. The van der Waals surface area contributed by atoms with Gasteiger partial charge in [0, 0.05) is 5.02 Å². The Morgan fingerprint density at radius 3 is 2.36 bits per heavy atom. The van der Waals surface area contributed by atoms with Crippen molar-refractivity contribution in [3.8, 4) is 0 Å². The molecule has 2 aromatic rings. The molecule has 0 aliphatic carbocycles. The Morgan fingerprint density at radius 2 is 1.71 bits per heavy atom. The topological polar surface area (TPSA) is 0 Å². The summed E-state index contributed by atoms with van der Waals surface area (Å²) in [6.07, 6.45) is 2.20. The molecule has 0 aliphatic heterocycles. The molecule has 0 spiro atoms. The molecule has 0 saturated heterocycles. The Kier molecular flexibility index (Phi) is 2.74. The zero-order chi connectivity index (χ0) is 9.97. The van der Waals surface area contributed by atoms with Crippen molar-refractivity contribution in [1.82, 2.24) is 0 Å². The monoisotopic (exact) mass is 204 g/mol. The van der Waals surface area contributed by atoms with Crippen LogP contribution in [0.5, 0.6) is 0 Å². The summed E-state index contributed by atoms with van der Waals surface area (Å²) >= 11 is 6.18. The predicted octanol–water partition coefficient (Wildman–Crippen LogP) is 4.45. The van der Waals surface area contributed by atoms with Crippen LogP contribution in [-0.4, -0.2) is 0 Å². The van der Waals surface area contributed by atoms with E-state index in [9.17, 15) is 0 Å². The molecular formula is C13H13Cl. The van der Waals surface area contributed by atoms with Crippen LogP contribution in [0.25, 0.3) is 10.8 Å². The van der Waals surface area contributed by atoms with Gasteiger partial charge in [-0.3, -0.25) is 0 Å². The quantitative estimate of drug-likeness (QED) is 0.678. The van der Waals surface area contributed by atoms with E-state index in [0.29, 0.717) is 0 Å². The number of rotatable bonds is 2. The first-order valence-corrected chi connectivity index (χ1v) is 5.36. The fourth-order valence-corrected chi connectivity index (χ4v) is 1.99. The molecule has 14 heavy (non-hydrogen) atoms. The van der Waals surface area contributed by atoms with Crippen LogP contribution in [0.2, 0.25) is 5.02 Å². The van der Waals surface area contributed by atoms with Crippen LogP contribution in [0.3, 0.4) is 0 Å². The summed E-state index contributed by atoms with van der Waals surface area (Å²) in [4.78, 5) is 0. The summed E-state index contributed by atoms with van der Waals surface area (Å²) in [5.41, 5.74) is 1.26. The van der Waals surface area contributed by atoms with Crippen molar-refractivity contribution < 1.29 is 0 Å². The maximum Gasteiger partial charge on any atom is 0.0444 e. The summed E-state index contributed by atoms with van der Waals surface area (Å²) in [5, 5.41) is 3.39. The van der Waals surface area contributed by atoms with E-state index in [1.165, 1.54) is 16.3 Å². The van der Waals surface area contributed by atoms with Crippen molar-refractivity contribution in [2.45, 2.75) is 19.8 Å². The maximum absolute atomic E-state index is 6.18. The van der Waals surface area contributed by atoms with Gasteiger partial charge in [-0.15, -0.1) is 0 Å². The molecule has 0 heterocycles. The number of hydrogen-bond acceptors (Lipinski definition) is 0. The van der Waals surface area contributed by atoms with Gasteiger partial charge in [0.1, 0.15) is 0 Å². The lowest BCUT2D eigenvalue weighted by Gasteiger charge is -2.05. The highest BCUT2D eigenvalue weighted by Gasteiger charge is 2.01. The van der Waals surface area contributed by atoms with E-state index in [2.05, 4.69) is 37.3 Å². The molecule has 0 N–H and O–H groups in total. The second-order valence-electron chi connectivity index (χ2n) is 3.54. The standard InChI is InChI=1S/C13H13Cl/c1-2-5-12-8-10-6-3-4-7-11(10)9-13(12)14/h3-4,6-9H,2,5H2,1H3. The molecule has 2 aromatic carbocycles. The van der Waals surface area contributed by atoms with Gasteiger partial charge in [0.2, 0.25) is 0 Å². The molecule has 0 saturated carbocycles. The minimum Gasteiger partial charge on any atom is -0.0840 e. The van der Waals surface area contributed by atoms with E-state index in [1.54, 1.807) is 0 Å². The fraction of sp³-hybridized carbons (Fsp3) is 0.231. The molecule has 0 nitrogen and oxygen atoms in total. The van der Waals surface area contributed by atoms with Crippen LogP contribution in [-0.2, 0) is 6.42 Å². The molecule has 0 atom stereocenters. The maximum atomic E-state index is 6.18. The van der Waals surface area contributed by atoms with Gasteiger partial charge in [0.15, 0.2) is 0 Å². The molecule has 72 valence electrons. The minimum atomic E-state index is 0.894. The van der Waals surface area contributed by atoms with Gasteiger partial charge in [-0.1, -0.05) is 49.2 Å². The minimum absolute atomic E-state index is 0.894. The normalized spacial score (nSPS) is 10.7. The van der Waals surface area contributed by atoms with Crippen molar-refractivity contribution in [3.05, 3.63) is 47.0 Å². The van der Waals surface area contributed by atoms with Crippen molar-refractivity contribution in [1.29, 1.82) is 0 Å². The number of halogens is 1. The van der Waals surface area contributed by atoms with Crippen LogP contribution >= 0.6 is 11.6 Å². The third-order valence-electron chi connectivity index (χ3n) is 2.43. The van der Waals surface area contributed by atoms with Crippen LogP contribution < -0.4 is 0 Å². The SMILES string of the molecule is CCCc1cc2ccccc2cc1Cl. The molecule has 1 heteroatoms. The second kappa shape index (κ2) is 4.02. The highest BCUT2D eigenvalue weighted by molar-refractivity contribution is 6.32. The van der Waals surface area contributed by atoms with Crippen LogP contribution in [0.4, 0.5) is 0 Å². The molecule has 0 unspecified atom stereocenters. The Bertz CT molecular complexity index is 446. The van der Waals surface area contributed by atoms with Crippen LogP contribution in [0.1, 0.15) is 18.9 Å². The van der Waals surface area contributed by atoms with Gasteiger partial charge in [-0.2, -0.15) is 0 Å². The van der Waals surface area contributed by atoms with Crippen molar-refractivity contribution in [2.24, 2.45) is 0 Å². The number of hydrogen-bond donors (Lipinski definition) is 0. The van der Waals surface area contributed by atoms with Gasteiger partial charge >= 0.3 is 0 Å². The van der Waals surface area contributed by atoms with Gasteiger partial charge < -0.3 is 0 Å². The Morgan fingerprint density at radius 1 is 1.07 bits per heavy atom. The predicted molar refractivity (Wildman–Crippen MR) is 63.0 cm³/mol. The smallest absolute Gasteiger partial charge is 0.0444 e. The van der Waals surface area contributed by atoms with E-state index in [1.807, 2.05) is 6.07 Å². The first-order valence-electron chi connectivity index (χ1n) is 4.98. The molecule has 2 rings (SSSR count). The third-order valence-corrected chi connectivity index (χ3v) is 2.79. The van der Waals surface area contributed by atoms with Gasteiger partial charge in [0.05, 0.1) is 0 Å². The lowest BCUT2D eigenvalue weighted by atomic mass is 10.0. The Labute approximate surface area is 89.5 Å². The zero-order valence-electron chi connectivity index (χ0n) is 8.26. The first kappa shape index (κ1) is 9.54. The second-order valence-corrected chi connectivity index (χ2v) is 3.95. The fourth-order valence-electron chi connectivity index (χ4n) is 1.72. The summed E-state index contributed by atoms with van der Waals surface area (Å²) in [6.45, 7) is 2.17. The molecule has 0 bridgehead atoms. The largest absolute Gasteiger partial charge is 0.0840 e. The summed E-state index contributed by atoms with van der Waals surface area (Å²) in [5.74, 6) is 0. The van der Waals surface area contributed by atoms with Crippen molar-refractivity contribution in [3.63, 3.8) is 0 Å². The summed E-state index contributed by atoms with van der Waals surface area (Å²) in [7, 11) is 0.